The van der Waals surface area contributed by atoms with Gasteiger partial charge >= 0.3 is 33.3 Å². The highest BCUT2D eigenvalue weighted by molar-refractivity contribution is 7.61. The number of Topliss-reactive ketones (excluding diaryl/α,β-unsaturated/α-hetero) is 1. The molecule has 0 spiro atoms. The van der Waals surface area contributed by atoms with Gasteiger partial charge in [-0.25, -0.2) is 13.9 Å². The first-order valence-corrected chi connectivity index (χ1v) is 29.8. The van der Waals surface area contributed by atoms with E-state index in [1.165, 1.54) is 18.2 Å². The molecule has 0 amide bonds. The van der Waals surface area contributed by atoms with Gasteiger partial charge in [-0.15, -0.1) is 0 Å². The van der Waals surface area contributed by atoms with E-state index in [-0.39, 0.29) is 37.9 Å². The predicted molar refractivity (Wildman–Crippen MR) is 291 cm³/mol. The number of fused-ring (bicyclic) bond motifs is 3. The fraction of sp³-hybridized carbons (Fsp3) is 0.611. The van der Waals surface area contributed by atoms with Crippen molar-refractivity contribution in [1.82, 2.24) is 9.55 Å². The number of hydrogen-bond acceptors (Lipinski definition) is 19. The van der Waals surface area contributed by atoms with Crippen molar-refractivity contribution >= 4 is 39.2 Å². The van der Waals surface area contributed by atoms with Crippen LogP contribution < -0.4 is 11.4 Å². The number of nitrogens with zero attached hydrogens (tertiary/aromatic N) is 2. The fourth-order valence-electron chi connectivity index (χ4n) is 8.21. The number of aliphatic hydroxyl groups is 5. The first-order chi connectivity index (χ1) is 37.3. The number of ether oxygens (including phenoxy) is 3. The lowest BCUT2D eigenvalue weighted by atomic mass is 9.82. The van der Waals surface area contributed by atoms with Crippen LogP contribution in [0.25, 0.3) is 0 Å². The number of allylic oxidation sites excluding steroid dienone is 12. The number of anilines is 1. The first kappa shape index (κ1) is 67.8. The number of unbranched alkanes of at least 4 members (excludes halogenated alkanes) is 2. The highest BCUT2D eigenvalue weighted by Crippen LogP contribution is 2.60. The van der Waals surface area contributed by atoms with E-state index in [1.807, 2.05) is 25.2 Å². The molecule has 78 heavy (non-hydrogen) atoms. The molecule has 3 heterocycles. The van der Waals surface area contributed by atoms with Gasteiger partial charge in [0.25, 0.3) is 0 Å². The number of esters is 2. The van der Waals surface area contributed by atoms with Gasteiger partial charge in [0.15, 0.2) is 6.10 Å². The number of carbonyl (C=O) groups excluding carboxylic acids is 3. The Bertz CT molecular complexity index is 2340. The van der Waals surface area contributed by atoms with Crippen LogP contribution in [0.5, 0.6) is 0 Å². The lowest BCUT2D eigenvalue weighted by Gasteiger charge is -2.40. The van der Waals surface area contributed by atoms with Gasteiger partial charge in [-0.05, 0) is 70.3 Å². The van der Waals surface area contributed by atoms with Crippen LogP contribution in [-0.4, -0.2) is 125 Å². The van der Waals surface area contributed by atoms with Crippen LogP contribution >= 0.6 is 15.6 Å². The third-order valence-corrected chi connectivity index (χ3v) is 15.0. The number of nitrogen functional groups attached to an aromatic ring is 1. The van der Waals surface area contributed by atoms with Crippen LogP contribution in [0.3, 0.4) is 0 Å². The van der Waals surface area contributed by atoms with Crippen molar-refractivity contribution in [3.63, 3.8) is 0 Å². The van der Waals surface area contributed by atoms with Gasteiger partial charge in [0.1, 0.15) is 36.6 Å². The molecule has 438 valence electrons. The Labute approximate surface area is 457 Å². The summed E-state index contributed by atoms with van der Waals surface area (Å²) < 4.78 is 58.6. The number of phosphoric ester groups is 2. The number of aromatic nitrogens is 2. The van der Waals surface area contributed by atoms with Crippen molar-refractivity contribution in [1.29, 1.82) is 0 Å². The zero-order chi connectivity index (χ0) is 57.4. The number of carbonyl (C=O) groups is 3. The average Bonchev–Trinajstić information content (AvgIpc) is 3.38. The molecule has 2 unspecified atom stereocenters. The highest BCUT2D eigenvalue weighted by Gasteiger charge is 2.45. The van der Waals surface area contributed by atoms with Crippen LogP contribution in [0.1, 0.15) is 136 Å². The molecule has 2 aliphatic heterocycles. The Morgan fingerprint density at radius 3 is 2.01 bits per heavy atom. The Morgan fingerprint density at radius 1 is 0.821 bits per heavy atom. The van der Waals surface area contributed by atoms with Crippen molar-refractivity contribution in [2.45, 2.75) is 178 Å². The molecule has 0 aliphatic carbocycles. The van der Waals surface area contributed by atoms with E-state index < -0.39 is 133 Å². The van der Waals surface area contributed by atoms with Gasteiger partial charge in [0, 0.05) is 50.1 Å². The molecule has 12 atom stereocenters. The van der Waals surface area contributed by atoms with E-state index >= 15 is 0 Å². The minimum atomic E-state index is -5.77. The molecular weight excluding hydrogens is 1060 g/mol. The second kappa shape index (κ2) is 37.4. The molecular formula is C54H83N3O19P2. The summed E-state index contributed by atoms with van der Waals surface area (Å²) in [6, 6.07) is 1.17. The molecule has 3 rings (SSSR count). The van der Waals surface area contributed by atoms with E-state index in [9.17, 15) is 63.6 Å². The second-order valence-electron chi connectivity index (χ2n) is 19.0. The molecule has 9 N–H and O–H groups in total. The number of nitrogens with two attached hydrogens (primary N) is 1. The van der Waals surface area contributed by atoms with E-state index in [4.69, 9.17) is 29.0 Å². The maximum absolute atomic E-state index is 13.7. The predicted octanol–water partition coefficient (Wildman–Crippen LogP) is 7.00. The maximum atomic E-state index is 13.7. The summed E-state index contributed by atoms with van der Waals surface area (Å²) in [4.78, 5) is 77.9. The normalized spacial score (nSPS) is 29.6. The first-order valence-electron chi connectivity index (χ1n) is 26.8. The summed E-state index contributed by atoms with van der Waals surface area (Å²) in [6.07, 6.45) is 20.6. The largest absolute Gasteiger partial charge is 0.481 e. The molecule has 0 radical (unpaired) electrons. The van der Waals surface area contributed by atoms with Crippen LogP contribution in [-0.2, 0) is 51.1 Å². The lowest BCUT2D eigenvalue weighted by molar-refractivity contribution is -0.196. The molecule has 2 fully saturated rings. The van der Waals surface area contributed by atoms with E-state index in [1.54, 1.807) is 6.08 Å². The minimum absolute atomic E-state index is 0.0498. The lowest BCUT2D eigenvalue weighted by Crippen LogP contribution is -2.52. The van der Waals surface area contributed by atoms with Gasteiger partial charge in [-0.1, -0.05) is 118 Å². The number of aliphatic hydroxyl groups excluding tert-OH is 5. The van der Waals surface area contributed by atoms with Gasteiger partial charge < -0.3 is 55.3 Å². The van der Waals surface area contributed by atoms with Crippen molar-refractivity contribution in [2.24, 2.45) is 11.8 Å². The van der Waals surface area contributed by atoms with Crippen LogP contribution in [0.4, 0.5) is 5.82 Å². The highest BCUT2D eigenvalue weighted by atomic mass is 31.3. The molecule has 2 saturated heterocycles. The minimum Gasteiger partial charge on any atom is -0.462 e. The Balaban J connectivity index is 1.75. The SMILES string of the molecule is CC/C=C\C/C=C\C/C=C\C/C=C\C/C=C\C/C=C\CCC(=O)OC[C@@H]1COP(=O)(O)OP(=O)(O)OC[C@H]2O[C@@H](n3ccc(N)nc3=O)[C@@H](CC(=O)CCCCC(=O)O1)[C@@H](O)C[C@@H](O)[C@H](/C=C\[C@@H](O)CCCCC)[C@H](O)[C@@H]2O. The summed E-state index contributed by atoms with van der Waals surface area (Å²) in [7, 11) is -11.4. The Kier molecular flexibility index (Phi) is 32.5. The second-order valence-corrected chi connectivity index (χ2v) is 22.0. The topological polar surface area (TPSA) is 343 Å². The monoisotopic (exact) mass is 1140 g/mol. The quantitative estimate of drug-likeness (QED) is 0.0236. The number of ketones is 1. The third kappa shape index (κ3) is 27.6. The molecule has 24 heteroatoms. The Hall–Kier alpha value is -4.51. The van der Waals surface area contributed by atoms with Crippen LogP contribution in [0.15, 0.2) is 102 Å². The zero-order valence-corrected chi connectivity index (χ0v) is 46.5. The summed E-state index contributed by atoms with van der Waals surface area (Å²) >= 11 is 0. The number of hydrogen-bond donors (Lipinski definition) is 8. The summed E-state index contributed by atoms with van der Waals surface area (Å²) in [5.41, 5.74) is 4.66. The molecule has 2 bridgehead atoms. The molecule has 1 aromatic heterocycles. The molecule has 1 aromatic rings. The molecule has 0 saturated carbocycles. The Morgan fingerprint density at radius 2 is 1.41 bits per heavy atom. The van der Waals surface area contributed by atoms with Gasteiger partial charge in [-0.3, -0.25) is 28.0 Å². The van der Waals surface area contributed by atoms with E-state index in [0.717, 1.165) is 55.7 Å². The average molecular weight is 1140 g/mol. The standard InChI is InChI=1S/C54H83N3O19P2/c1-3-5-7-8-9-10-11-12-13-14-15-16-17-18-19-20-21-22-24-29-49(62)71-37-42-38-72-77(67,68)76-78(69,70)73-39-47-52(65)51(64)43(32-31-40(58)27-23-6-4-2)45(60)36-46(61)44(35-41(59)28-25-26-30-50(63)74-42)53(75-47)57-34-33-48(55)56-54(57)66/h5,7,9-10,12-13,15-16,18-19,21-22,31-34,40,42-47,51-53,58,60-61,64-65H,3-4,6,8,11,14,17,20,23-30,35-39H2,1-2H3,(H,67,68)(H,69,70)(H2,55,56,66)/b7-5-,10-9-,13-12-,16-15-,19-18-,22-21-,32-31-/t40-,42+,43-,44-,45+,46-,47+,51-,52+,53+/m0/s1. The maximum Gasteiger partial charge on any atom is 0.481 e. The van der Waals surface area contributed by atoms with Crippen LogP contribution in [0.2, 0.25) is 0 Å². The number of phosphoric acid groups is 2. The van der Waals surface area contributed by atoms with E-state index in [2.05, 4.69) is 64.8 Å². The number of cyclic esters (lactones) is 1. The smallest absolute Gasteiger partial charge is 0.462 e. The van der Waals surface area contributed by atoms with Gasteiger partial charge in [-0.2, -0.15) is 9.29 Å². The molecule has 2 aliphatic rings. The van der Waals surface area contributed by atoms with Gasteiger partial charge in [0.2, 0.25) is 0 Å². The van der Waals surface area contributed by atoms with Crippen molar-refractivity contribution in [2.75, 3.05) is 25.6 Å². The third-order valence-electron chi connectivity index (χ3n) is 12.4. The van der Waals surface area contributed by atoms with E-state index in [0.29, 0.717) is 25.7 Å². The fourth-order valence-corrected chi connectivity index (χ4v) is 10.3. The molecule has 22 nitrogen and oxygen atoms in total. The van der Waals surface area contributed by atoms with Crippen molar-refractivity contribution < 1.29 is 86.4 Å². The van der Waals surface area contributed by atoms with Crippen molar-refractivity contribution in [3.05, 3.63) is 108 Å². The van der Waals surface area contributed by atoms with Crippen LogP contribution in [0, 0.1) is 11.8 Å². The van der Waals surface area contributed by atoms with Crippen molar-refractivity contribution in [3.8, 4) is 0 Å². The summed E-state index contributed by atoms with van der Waals surface area (Å²) in [6.45, 7) is 1.13. The summed E-state index contributed by atoms with van der Waals surface area (Å²) in [5, 5.41) is 57.4. The summed E-state index contributed by atoms with van der Waals surface area (Å²) in [5.74, 6) is -5.31. The number of rotatable bonds is 23. The molecule has 0 aromatic carbocycles. The zero-order valence-electron chi connectivity index (χ0n) is 44.8. The van der Waals surface area contributed by atoms with Gasteiger partial charge in [0.05, 0.1) is 37.6 Å².